The van der Waals surface area contributed by atoms with E-state index >= 15 is 0 Å². The molecule has 1 aromatic rings. The van der Waals surface area contributed by atoms with Crippen LogP contribution >= 0.6 is 39.9 Å². The summed E-state index contributed by atoms with van der Waals surface area (Å²) in [5, 5.41) is 0. The van der Waals surface area contributed by atoms with E-state index in [0.717, 1.165) is 16.0 Å². The molecule has 0 N–H and O–H groups in total. The zero-order chi connectivity index (χ0) is 13.0. The highest BCUT2D eigenvalue weighted by molar-refractivity contribution is 14.0. The van der Waals surface area contributed by atoms with Crippen molar-refractivity contribution in [1.82, 2.24) is 9.80 Å². The molecule has 0 unspecified atom stereocenters. The van der Waals surface area contributed by atoms with Crippen molar-refractivity contribution in [1.29, 1.82) is 0 Å². The number of rotatable bonds is 2. The van der Waals surface area contributed by atoms with Gasteiger partial charge >= 0.3 is 0 Å². The molecular formula is C12H18BrFIN3. The average Bonchev–Trinajstić information content (AvgIpc) is 2.22. The van der Waals surface area contributed by atoms with Crippen LogP contribution in [0, 0.1) is 5.82 Å². The van der Waals surface area contributed by atoms with E-state index < -0.39 is 0 Å². The first-order valence-corrected chi connectivity index (χ1v) is 6.04. The zero-order valence-corrected chi connectivity index (χ0v) is 14.9. The van der Waals surface area contributed by atoms with Gasteiger partial charge in [-0.05, 0) is 23.8 Å². The Balaban J connectivity index is 0.00000289. The van der Waals surface area contributed by atoms with Crippen LogP contribution < -0.4 is 0 Å². The lowest BCUT2D eigenvalue weighted by molar-refractivity contribution is 0.479. The van der Waals surface area contributed by atoms with Crippen LogP contribution in [-0.4, -0.2) is 44.0 Å². The minimum absolute atomic E-state index is 0. The molecule has 0 bridgehead atoms. The highest BCUT2D eigenvalue weighted by atomic mass is 127. The minimum Gasteiger partial charge on any atom is -0.349 e. The number of halogens is 3. The van der Waals surface area contributed by atoms with Crippen molar-refractivity contribution in [2.75, 3.05) is 28.2 Å². The van der Waals surface area contributed by atoms with Gasteiger partial charge in [0.25, 0.3) is 0 Å². The number of benzene rings is 1. The van der Waals surface area contributed by atoms with Crippen LogP contribution in [0.15, 0.2) is 27.7 Å². The second kappa shape index (κ2) is 7.93. The van der Waals surface area contributed by atoms with Gasteiger partial charge in [-0.1, -0.05) is 15.9 Å². The summed E-state index contributed by atoms with van der Waals surface area (Å²) in [7, 11) is 7.72. The van der Waals surface area contributed by atoms with Gasteiger partial charge in [0.15, 0.2) is 5.96 Å². The van der Waals surface area contributed by atoms with E-state index in [4.69, 9.17) is 0 Å². The molecule has 0 amide bonds. The molecule has 1 aromatic carbocycles. The maximum absolute atomic E-state index is 13.1. The Morgan fingerprint density at radius 3 is 2.28 bits per heavy atom. The molecule has 0 aromatic heterocycles. The van der Waals surface area contributed by atoms with Crippen LogP contribution in [0.5, 0.6) is 0 Å². The maximum atomic E-state index is 13.1. The summed E-state index contributed by atoms with van der Waals surface area (Å²) in [6.07, 6.45) is 0. The van der Waals surface area contributed by atoms with Gasteiger partial charge in [0.2, 0.25) is 0 Å². The van der Waals surface area contributed by atoms with Crippen molar-refractivity contribution in [3.05, 3.63) is 34.1 Å². The molecule has 0 spiro atoms. The molecule has 6 heteroatoms. The van der Waals surface area contributed by atoms with Crippen molar-refractivity contribution in [2.45, 2.75) is 6.54 Å². The van der Waals surface area contributed by atoms with E-state index in [2.05, 4.69) is 20.9 Å². The van der Waals surface area contributed by atoms with E-state index in [-0.39, 0.29) is 29.8 Å². The second-order valence-electron chi connectivity index (χ2n) is 4.14. The number of hydrogen-bond acceptors (Lipinski definition) is 1. The van der Waals surface area contributed by atoms with Gasteiger partial charge in [-0.3, -0.25) is 0 Å². The van der Waals surface area contributed by atoms with Crippen LogP contribution in [0.2, 0.25) is 0 Å². The monoisotopic (exact) mass is 429 g/mol. The molecule has 3 nitrogen and oxygen atoms in total. The zero-order valence-electron chi connectivity index (χ0n) is 10.9. The first kappa shape index (κ1) is 17.6. The third-order valence-electron chi connectivity index (χ3n) is 2.20. The lowest BCUT2D eigenvalue weighted by Crippen LogP contribution is -2.35. The normalized spacial score (nSPS) is 9.44. The highest BCUT2D eigenvalue weighted by Crippen LogP contribution is 2.18. The van der Waals surface area contributed by atoms with Crippen molar-refractivity contribution < 1.29 is 4.39 Å². The Morgan fingerprint density at radius 1 is 1.22 bits per heavy atom. The van der Waals surface area contributed by atoms with E-state index in [9.17, 15) is 4.39 Å². The van der Waals surface area contributed by atoms with Gasteiger partial charge in [0, 0.05) is 32.7 Å². The van der Waals surface area contributed by atoms with Crippen molar-refractivity contribution in [3.8, 4) is 0 Å². The van der Waals surface area contributed by atoms with Gasteiger partial charge in [0.05, 0.1) is 6.54 Å². The number of hydrogen-bond donors (Lipinski definition) is 0. The van der Waals surface area contributed by atoms with Gasteiger partial charge in [-0.15, -0.1) is 24.0 Å². The SMILES string of the molecule is CN(C)C(=NCc1cc(F)ccc1Br)N(C)C.I. The predicted molar refractivity (Wildman–Crippen MR) is 88.0 cm³/mol. The van der Waals surface area contributed by atoms with Gasteiger partial charge in [0.1, 0.15) is 5.82 Å². The largest absolute Gasteiger partial charge is 0.349 e. The summed E-state index contributed by atoms with van der Waals surface area (Å²) in [4.78, 5) is 8.31. The first-order chi connectivity index (χ1) is 7.91. The number of aliphatic imine (C=N–C) groups is 1. The van der Waals surface area contributed by atoms with Crippen LogP contribution in [0.1, 0.15) is 5.56 Å². The summed E-state index contributed by atoms with van der Waals surface area (Å²) in [5.74, 6) is 0.607. The topological polar surface area (TPSA) is 18.8 Å². The summed E-state index contributed by atoms with van der Waals surface area (Å²) in [6.45, 7) is 0.448. The Bertz CT molecular complexity index is 412. The van der Waals surface area contributed by atoms with Crippen molar-refractivity contribution in [2.24, 2.45) is 4.99 Å². The van der Waals surface area contributed by atoms with Gasteiger partial charge in [-0.2, -0.15) is 0 Å². The standard InChI is InChI=1S/C12H17BrFN3.HI/c1-16(2)12(17(3)4)15-8-9-7-10(14)5-6-11(9)13;/h5-7H,8H2,1-4H3;1H. The Morgan fingerprint density at radius 2 is 1.78 bits per heavy atom. The van der Waals surface area contributed by atoms with Crippen molar-refractivity contribution in [3.63, 3.8) is 0 Å². The number of guanidine groups is 1. The van der Waals surface area contributed by atoms with Crippen LogP contribution in [-0.2, 0) is 6.54 Å². The summed E-state index contributed by atoms with van der Waals surface area (Å²) >= 11 is 3.39. The molecule has 0 saturated heterocycles. The summed E-state index contributed by atoms with van der Waals surface area (Å²) < 4.78 is 14.0. The molecule has 0 aliphatic carbocycles. The smallest absolute Gasteiger partial charge is 0.195 e. The first-order valence-electron chi connectivity index (χ1n) is 5.25. The molecule has 0 saturated carbocycles. The Labute approximate surface area is 133 Å². The molecule has 0 radical (unpaired) electrons. The molecule has 0 aliphatic rings. The van der Waals surface area contributed by atoms with Crippen LogP contribution in [0.25, 0.3) is 0 Å². The van der Waals surface area contributed by atoms with E-state index in [1.54, 1.807) is 6.07 Å². The van der Waals surface area contributed by atoms with Gasteiger partial charge < -0.3 is 9.80 Å². The molecule has 0 aliphatic heterocycles. The van der Waals surface area contributed by atoms with E-state index in [1.807, 2.05) is 38.0 Å². The molecule has 102 valence electrons. The molecule has 0 heterocycles. The third-order valence-corrected chi connectivity index (χ3v) is 2.97. The molecular weight excluding hydrogens is 412 g/mol. The third kappa shape index (κ3) is 5.09. The maximum Gasteiger partial charge on any atom is 0.195 e. The predicted octanol–water partition coefficient (Wildman–Crippen LogP) is 3.19. The quantitative estimate of drug-likeness (QED) is 0.408. The summed E-state index contributed by atoms with van der Waals surface area (Å²) in [6, 6.07) is 4.62. The average molecular weight is 430 g/mol. The van der Waals surface area contributed by atoms with Crippen LogP contribution in [0.4, 0.5) is 4.39 Å². The molecule has 1 rings (SSSR count). The minimum atomic E-state index is -0.241. The molecule has 18 heavy (non-hydrogen) atoms. The van der Waals surface area contributed by atoms with Crippen molar-refractivity contribution >= 4 is 45.9 Å². The second-order valence-corrected chi connectivity index (χ2v) is 5.00. The van der Waals surface area contributed by atoms with Crippen LogP contribution in [0.3, 0.4) is 0 Å². The number of nitrogens with zero attached hydrogens (tertiary/aromatic N) is 3. The lowest BCUT2D eigenvalue weighted by Gasteiger charge is -2.22. The lowest BCUT2D eigenvalue weighted by atomic mass is 10.2. The molecule has 0 fully saturated rings. The fourth-order valence-electron chi connectivity index (χ4n) is 1.50. The Kier molecular flexibility index (Phi) is 7.77. The fraction of sp³-hybridized carbons (Fsp3) is 0.417. The molecule has 0 atom stereocenters. The highest BCUT2D eigenvalue weighted by Gasteiger charge is 2.06. The van der Waals surface area contributed by atoms with E-state index in [1.165, 1.54) is 12.1 Å². The van der Waals surface area contributed by atoms with E-state index in [0.29, 0.717) is 6.54 Å². The van der Waals surface area contributed by atoms with Gasteiger partial charge in [-0.25, -0.2) is 9.38 Å². The fourth-order valence-corrected chi connectivity index (χ4v) is 1.88. The summed E-state index contributed by atoms with van der Waals surface area (Å²) in [5.41, 5.74) is 0.839. The Hall–Kier alpha value is -0.370.